The van der Waals surface area contributed by atoms with Gasteiger partial charge in [0.2, 0.25) is 0 Å². The van der Waals surface area contributed by atoms with Gasteiger partial charge in [-0.25, -0.2) is 14.3 Å². The Balaban J connectivity index is 1.38. The highest BCUT2D eigenvalue weighted by Crippen LogP contribution is 2.40. The Hall–Kier alpha value is -3.98. The molecule has 1 saturated heterocycles. The third kappa shape index (κ3) is 4.05. The summed E-state index contributed by atoms with van der Waals surface area (Å²) in [6, 6.07) is 2.94. The number of carbonyl (C=O) groups excluding carboxylic acids is 2. The molecular weight excluding hydrogens is 508 g/mol. The minimum atomic E-state index is -1.21. The molecule has 0 aromatic carbocycles. The fourth-order valence-corrected chi connectivity index (χ4v) is 5.99. The number of hydrogen-bond donors (Lipinski definition) is 3. The number of fused-ring (bicyclic) bond motifs is 2. The van der Waals surface area contributed by atoms with Crippen LogP contribution in [0, 0.1) is 6.92 Å². The molecule has 5 rings (SSSR count). The molecule has 2 aliphatic heterocycles. The number of aromatic nitrogens is 4. The number of aliphatic carboxylic acids is 1. The number of nitrogens with zero attached hydrogens (tertiary/aromatic N) is 6. The van der Waals surface area contributed by atoms with Crippen LogP contribution in [-0.4, -0.2) is 72.4 Å². The number of hydrogen-bond acceptors (Lipinski definition) is 10. The van der Waals surface area contributed by atoms with Crippen LogP contribution in [0.3, 0.4) is 0 Å². The number of oxime groups is 1. The van der Waals surface area contributed by atoms with Crippen molar-refractivity contribution < 1.29 is 28.9 Å². The number of anilines is 1. The van der Waals surface area contributed by atoms with Crippen LogP contribution in [-0.2, 0) is 25.8 Å². The number of pyridine rings is 1. The predicted molar refractivity (Wildman–Crippen MR) is 130 cm³/mol. The first-order chi connectivity index (χ1) is 17.3. The van der Waals surface area contributed by atoms with Gasteiger partial charge >= 0.3 is 5.97 Å². The summed E-state index contributed by atoms with van der Waals surface area (Å²) in [5, 5.41) is 21.9. The molecule has 2 aliphatic rings. The number of β-lactam (4-membered cyclic amide) rings is 1. The van der Waals surface area contributed by atoms with E-state index in [0.717, 1.165) is 22.5 Å². The van der Waals surface area contributed by atoms with Crippen LogP contribution in [0.25, 0.3) is 5.65 Å². The van der Waals surface area contributed by atoms with E-state index >= 15 is 0 Å². The van der Waals surface area contributed by atoms with Crippen LogP contribution in [0.1, 0.15) is 11.3 Å². The molecular formula is C21H21N8O5S2+. The van der Waals surface area contributed by atoms with Crippen LogP contribution < -0.4 is 15.6 Å². The lowest BCUT2D eigenvalue weighted by Gasteiger charge is -2.49. The average Bonchev–Trinajstić information content (AvgIpc) is 3.46. The molecule has 15 heteroatoms. The summed E-state index contributed by atoms with van der Waals surface area (Å²) in [5.74, 6) is -2.04. The zero-order chi connectivity index (χ0) is 25.6. The van der Waals surface area contributed by atoms with Crippen LogP contribution in [0.15, 0.2) is 46.5 Å². The number of nitrogens with one attached hydrogen (secondary N) is 1. The van der Waals surface area contributed by atoms with Crippen molar-refractivity contribution >= 4 is 57.4 Å². The Kier molecular flexibility index (Phi) is 6.09. The standard InChI is InChI=1S/C21H20N8O5S2/c1-10-3-4-28-13(5-10)27(9-23-28)6-11-7-35-19-15(18(31)29(19)16(11)20(32)33)25-17(30)14(26-34-2)12-8-36-21(22)24-12/h3-5,8-9,15,19H,6-7H2,1-2H3,(H3-,22,24,25,30,32,33)/p+1/b26-14+. The summed E-state index contributed by atoms with van der Waals surface area (Å²) in [4.78, 5) is 48.2. The number of thioether (sulfide) groups is 1. The van der Waals surface area contributed by atoms with Gasteiger partial charge in [0.1, 0.15) is 36.1 Å². The van der Waals surface area contributed by atoms with Crippen molar-refractivity contribution in [2.75, 3.05) is 18.6 Å². The van der Waals surface area contributed by atoms with Crippen molar-refractivity contribution in [1.82, 2.24) is 24.8 Å². The minimum Gasteiger partial charge on any atom is -0.477 e. The maximum Gasteiger partial charge on any atom is 0.352 e. The molecule has 1 fully saturated rings. The molecule has 3 aromatic heterocycles. The second-order valence-corrected chi connectivity index (χ2v) is 10.1. The summed E-state index contributed by atoms with van der Waals surface area (Å²) in [7, 11) is 1.28. The number of amides is 2. The number of rotatable bonds is 7. The molecule has 0 radical (unpaired) electrons. The second kappa shape index (κ2) is 9.23. The third-order valence-corrected chi connectivity index (χ3v) is 7.75. The number of nitrogen functional groups attached to an aromatic ring is 1. The summed E-state index contributed by atoms with van der Waals surface area (Å²) in [5.41, 5.74) is 8.06. The van der Waals surface area contributed by atoms with Crippen molar-refractivity contribution in [1.29, 1.82) is 0 Å². The van der Waals surface area contributed by atoms with Crippen molar-refractivity contribution in [3.05, 3.63) is 52.6 Å². The summed E-state index contributed by atoms with van der Waals surface area (Å²) >= 11 is 2.51. The second-order valence-electron chi connectivity index (χ2n) is 8.08. The van der Waals surface area contributed by atoms with Crippen molar-refractivity contribution in [2.24, 2.45) is 5.16 Å². The number of nitrogens with two attached hydrogens (primary N) is 1. The van der Waals surface area contributed by atoms with Crippen molar-refractivity contribution in [2.45, 2.75) is 24.9 Å². The molecule has 0 aliphatic carbocycles. The molecule has 13 nitrogen and oxygen atoms in total. The first-order valence-corrected chi connectivity index (χ1v) is 12.6. The molecule has 36 heavy (non-hydrogen) atoms. The quantitative estimate of drug-likeness (QED) is 0.162. The SMILES string of the molecule is CO/N=C(/C(=O)NC1C(=O)N2C(C(=O)O)=C(C[n+]3cnn4ccc(C)cc43)CSC12)c1csc(N)n1. The number of carbonyl (C=O) groups is 3. The monoisotopic (exact) mass is 529 g/mol. The number of carboxylic acid groups (broad SMARTS) is 1. The van der Waals surface area contributed by atoms with Crippen LogP contribution >= 0.6 is 23.1 Å². The Morgan fingerprint density at radius 2 is 2.25 bits per heavy atom. The van der Waals surface area contributed by atoms with Gasteiger partial charge in [0.25, 0.3) is 23.8 Å². The highest BCUT2D eigenvalue weighted by atomic mass is 32.2. The minimum absolute atomic E-state index is 0.0770. The topological polar surface area (TPSA) is 168 Å². The third-order valence-electron chi connectivity index (χ3n) is 5.74. The molecule has 5 heterocycles. The summed E-state index contributed by atoms with van der Waals surface area (Å²) in [6.07, 6.45) is 3.45. The van der Waals surface area contributed by atoms with Gasteiger partial charge in [-0.1, -0.05) is 9.67 Å². The van der Waals surface area contributed by atoms with E-state index in [-0.39, 0.29) is 28.8 Å². The van der Waals surface area contributed by atoms with Crippen LogP contribution in [0.2, 0.25) is 0 Å². The Morgan fingerprint density at radius 3 is 2.94 bits per heavy atom. The van der Waals surface area contributed by atoms with E-state index in [1.54, 1.807) is 16.2 Å². The fraction of sp³-hybridized carbons (Fsp3) is 0.286. The molecule has 4 N–H and O–H groups in total. The molecule has 0 spiro atoms. The number of carboxylic acids is 1. The summed E-state index contributed by atoms with van der Waals surface area (Å²) in [6.45, 7) is 2.21. The molecule has 2 amide bonds. The normalized spacial score (nSPS) is 19.8. The lowest BCUT2D eigenvalue weighted by Crippen LogP contribution is -2.71. The van der Waals surface area contributed by atoms with Gasteiger partial charge in [-0.05, 0) is 18.6 Å². The van der Waals surface area contributed by atoms with E-state index in [9.17, 15) is 19.5 Å². The van der Waals surface area contributed by atoms with Gasteiger partial charge in [0, 0.05) is 27.9 Å². The van der Waals surface area contributed by atoms with Crippen LogP contribution in [0.5, 0.6) is 0 Å². The highest BCUT2D eigenvalue weighted by Gasteiger charge is 2.54. The predicted octanol–water partition coefficient (Wildman–Crippen LogP) is -0.242. The zero-order valence-corrected chi connectivity index (χ0v) is 20.7. The molecule has 186 valence electrons. The van der Waals surface area contributed by atoms with E-state index in [4.69, 9.17) is 10.6 Å². The van der Waals surface area contributed by atoms with Crippen LogP contribution in [0.4, 0.5) is 5.13 Å². The molecule has 0 saturated carbocycles. The average molecular weight is 530 g/mol. The van der Waals surface area contributed by atoms with Gasteiger partial charge in [-0.3, -0.25) is 14.5 Å². The van der Waals surface area contributed by atoms with Gasteiger partial charge in [-0.2, -0.15) is 0 Å². The fourth-order valence-electron chi connectivity index (χ4n) is 4.11. The molecule has 2 atom stereocenters. The zero-order valence-electron chi connectivity index (χ0n) is 19.1. The molecule has 0 bridgehead atoms. The molecule has 2 unspecified atom stereocenters. The van der Waals surface area contributed by atoms with E-state index in [1.165, 1.54) is 23.8 Å². The van der Waals surface area contributed by atoms with Gasteiger partial charge in [0.05, 0.1) is 6.54 Å². The lowest BCUT2D eigenvalue weighted by molar-refractivity contribution is -0.664. The van der Waals surface area contributed by atoms with Crippen molar-refractivity contribution in [3.63, 3.8) is 0 Å². The largest absolute Gasteiger partial charge is 0.477 e. The van der Waals surface area contributed by atoms with Gasteiger partial charge in [0.15, 0.2) is 10.8 Å². The summed E-state index contributed by atoms with van der Waals surface area (Å²) < 4.78 is 3.53. The maximum absolute atomic E-state index is 13.0. The Morgan fingerprint density at radius 1 is 1.44 bits per heavy atom. The van der Waals surface area contributed by atoms with Crippen molar-refractivity contribution in [3.8, 4) is 0 Å². The lowest BCUT2D eigenvalue weighted by atomic mass is 10.0. The van der Waals surface area contributed by atoms with Gasteiger partial charge in [-0.15, -0.1) is 23.1 Å². The Bertz CT molecular complexity index is 1460. The first kappa shape index (κ1) is 23.7. The van der Waals surface area contributed by atoms with E-state index in [0.29, 0.717) is 11.3 Å². The highest BCUT2D eigenvalue weighted by molar-refractivity contribution is 8.00. The van der Waals surface area contributed by atoms with E-state index in [1.807, 2.05) is 29.8 Å². The number of aryl methyl sites for hydroxylation is 1. The van der Waals surface area contributed by atoms with E-state index < -0.39 is 29.2 Å². The smallest absolute Gasteiger partial charge is 0.352 e. The van der Waals surface area contributed by atoms with E-state index in [2.05, 4.69) is 20.6 Å². The van der Waals surface area contributed by atoms with Gasteiger partial charge < -0.3 is 21.0 Å². The molecule has 3 aromatic rings. The number of thiazole rings is 1. The first-order valence-electron chi connectivity index (χ1n) is 10.6. The maximum atomic E-state index is 13.0. The Labute approximate surface area is 212 Å².